The number of ether oxygens (including phenoxy) is 1. The molecule has 1 aromatic carbocycles. The van der Waals surface area contributed by atoms with Gasteiger partial charge in [-0.1, -0.05) is 12.1 Å². The molecule has 0 radical (unpaired) electrons. The summed E-state index contributed by atoms with van der Waals surface area (Å²) in [5, 5.41) is 15.5. The lowest BCUT2D eigenvalue weighted by Gasteiger charge is -2.32. The van der Waals surface area contributed by atoms with Gasteiger partial charge in [-0.2, -0.15) is 4.52 Å². The van der Waals surface area contributed by atoms with Crippen LogP contribution >= 0.6 is 0 Å². The molecule has 0 saturated carbocycles. The molecular weight excluding hydrogens is 394 g/mol. The Bertz CT molecular complexity index is 1020. The molecular formula is C22H27N7O2. The maximum absolute atomic E-state index is 12.7. The zero-order chi connectivity index (χ0) is 21.0. The summed E-state index contributed by atoms with van der Waals surface area (Å²) in [5.74, 6) is 1.08. The summed E-state index contributed by atoms with van der Waals surface area (Å²) in [5.41, 5.74) is 3.06. The SMILES string of the molecule is O=C(NCc1ccc(N2CCOCC2)cc1)C1CCN(c2ccc3nncn3n2)CC1. The number of rotatable bonds is 5. The summed E-state index contributed by atoms with van der Waals surface area (Å²) < 4.78 is 7.09. The molecule has 5 rings (SSSR count). The molecule has 1 amide bonds. The van der Waals surface area contributed by atoms with Crippen molar-refractivity contribution < 1.29 is 9.53 Å². The zero-order valence-corrected chi connectivity index (χ0v) is 17.5. The largest absolute Gasteiger partial charge is 0.378 e. The first-order valence-electron chi connectivity index (χ1n) is 10.9. The second-order valence-corrected chi connectivity index (χ2v) is 8.07. The van der Waals surface area contributed by atoms with E-state index >= 15 is 0 Å². The van der Waals surface area contributed by atoms with E-state index in [1.807, 2.05) is 12.1 Å². The number of aromatic nitrogens is 4. The molecule has 9 heteroatoms. The van der Waals surface area contributed by atoms with Crippen molar-refractivity contribution in [2.24, 2.45) is 5.92 Å². The van der Waals surface area contributed by atoms with Crippen molar-refractivity contribution in [3.63, 3.8) is 0 Å². The second-order valence-electron chi connectivity index (χ2n) is 8.07. The van der Waals surface area contributed by atoms with Crippen LogP contribution in [0.15, 0.2) is 42.7 Å². The second kappa shape index (κ2) is 8.89. The Morgan fingerprint density at radius 3 is 2.55 bits per heavy atom. The average molecular weight is 422 g/mol. The number of amides is 1. The van der Waals surface area contributed by atoms with Gasteiger partial charge in [0.1, 0.15) is 12.1 Å². The van der Waals surface area contributed by atoms with E-state index in [4.69, 9.17) is 4.74 Å². The van der Waals surface area contributed by atoms with Crippen LogP contribution in [-0.4, -0.2) is 65.1 Å². The molecule has 2 aromatic heterocycles. The fraction of sp³-hybridized carbons (Fsp3) is 0.455. The van der Waals surface area contributed by atoms with E-state index in [1.165, 1.54) is 5.69 Å². The van der Waals surface area contributed by atoms with Crippen molar-refractivity contribution in [2.75, 3.05) is 49.2 Å². The van der Waals surface area contributed by atoms with E-state index in [2.05, 4.69) is 54.7 Å². The molecule has 162 valence electrons. The number of nitrogens with zero attached hydrogens (tertiary/aromatic N) is 6. The predicted octanol–water partition coefficient (Wildman–Crippen LogP) is 1.49. The van der Waals surface area contributed by atoms with Crippen LogP contribution in [0, 0.1) is 5.92 Å². The van der Waals surface area contributed by atoms with Gasteiger partial charge in [0.2, 0.25) is 5.91 Å². The standard InChI is InChI=1S/C22H27N7O2/c30-22(23-15-17-1-3-19(4-2-17)27-11-13-31-14-12-27)18-7-9-28(10-8-18)21-6-5-20-25-24-16-29(20)26-21/h1-6,16,18H,7-15H2,(H,23,30). The fourth-order valence-electron chi connectivity index (χ4n) is 4.24. The molecule has 2 saturated heterocycles. The number of carbonyl (C=O) groups is 1. The summed E-state index contributed by atoms with van der Waals surface area (Å²) in [4.78, 5) is 17.2. The highest BCUT2D eigenvalue weighted by Crippen LogP contribution is 2.22. The molecule has 0 spiro atoms. The third kappa shape index (κ3) is 4.46. The molecule has 0 aliphatic carbocycles. The van der Waals surface area contributed by atoms with Gasteiger partial charge in [-0.05, 0) is 42.7 Å². The molecule has 2 aliphatic heterocycles. The number of piperidine rings is 1. The Labute approximate surface area is 181 Å². The molecule has 1 N–H and O–H groups in total. The summed E-state index contributed by atoms with van der Waals surface area (Å²) in [7, 11) is 0. The van der Waals surface area contributed by atoms with E-state index in [0.717, 1.165) is 69.3 Å². The van der Waals surface area contributed by atoms with Crippen LogP contribution in [0.25, 0.3) is 5.65 Å². The molecule has 3 aromatic rings. The van der Waals surface area contributed by atoms with Crippen LogP contribution in [0.1, 0.15) is 18.4 Å². The highest BCUT2D eigenvalue weighted by Gasteiger charge is 2.25. The van der Waals surface area contributed by atoms with Gasteiger partial charge in [0.25, 0.3) is 0 Å². The summed E-state index contributed by atoms with van der Waals surface area (Å²) in [6.45, 7) is 5.60. The van der Waals surface area contributed by atoms with Crippen LogP contribution in [0.4, 0.5) is 11.5 Å². The van der Waals surface area contributed by atoms with Gasteiger partial charge in [0.15, 0.2) is 5.65 Å². The number of nitrogens with one attached hydrogen (secondary N) is 1. The molecule has 2 fully saturated rings. The quantitative estimate of drug-likeness (QED) is 0.668. The number of morpholine rings is 1. The van der Waals surface area contributed by atoms with E-state index in [9.17, 15) is 4.79 Å². The summed E-state index contributed by atoms with van der Waals surface area (Å²) in [6.07, 6.45) is 3.25. The van der Waals surface area contributed by atoms with E-state index in [1.54, 1.807) is 10.8 Å². The lowest BCUT2D eigenvalue weighted by molar-refractivity contribution is -0.125. The number of anilines is 2. The molecule has 31 heavy (non-hydrogen) atoms. The zero-order valence-electron chi connectivity index (χ0n) is 17.5. The minimum atomic E-state index is 0.0440. The van der Waals surface area contributed by atoms with Gasteiger partial charge in [-0.25, -0.2) is 0 Å². The van der Waals surface area contributed by atoms with E-state index in [-0.39, 0.29) is 11.8 Å². The van der Waals surface area contributed by atoms with Gasteiger partial charge in [-0.15, -0.1) is 15.3 Å². The van der Waals surface area contributed by atoms with Crippen molar-refractivity contribution >= 4 is 23.1 Å². The number of hydrogen-bond acceptors (Lipinski definition) is 7. The van der Waals surface area contributed by atoms with Gasteiger partial charge < -0.3 is 19.9 Å². The number of fused-ring (bicyclic) bond motifs is 1. The highest BCUT2D eigenvalue weighted by molar-refractivity contribution is 5.79. The molecule has 0 atom stereocenters. The third-order valence-corrected chi connectivity index (χ3v) is 6.12. The summed E-state index contributed by atoms with van der Waals surface area (Å²) in [6, 6.07) is 12.3. The Morgan fingerprint density at radius 1 is 1.00 bits per heavy atom. The number of carbonyl (C=O) groups excluding carboxylic acids is 1. The van der Waals surface area contributed by atoms with Crippen LogP contribution in [-0.2, 0) is 16.1 Å². The maximum Gasteiger partial charge on any atom is 0.223 e. The Hall–Kier alpha value is -3.20. The predicted molar refractivity (Wildman–Crippen MR) is 117 cm³/mol. The van der Waals surface area contributed by atoms with Crippen molar-refractivity contribution in [1.29, 1.82) is 0 Å². The fourth-order valence-corrected chi connectivity index (χ4v) is 4.24. The molecule has 9 nitrogen and oxygen atoms in total. The summed E-state index contributed by atoms with van der Waals surface area (Å²) >= 11 is 0. The van der Waals surface area contributed by atoms with Crippen molar-refractivity contribution in [3.8, 4) is 0 Å². The Morgan fingerprint density at radius 2 is 1.77 bits per heavy atom. The van der Waals surface area contributed by atoms with Crippen LogP contribution in [0.3, 0.4) is 0 Å². The Kier molecular flexibility index (Phi) is 5.66. The first-order valence-corrected chi connectivity index (χ1v) is 10.9. The van der Waals surface area contributed by atoms with Crippen molar-refractivity contribution in [1.82, 2.24) is 25.1 Å². The van der Waals surface area contributed by atoms with Gasteiger partial charge >= 0.3 is 0 Å². The van der Waals surface area contributed by atoms with Crippen LogP contribution < -0.4 is 15.1 Å². The van der Waals surface area contributed by atoms with Gasteiger partial charge in [0, 0.05) is 44.3 Å². The van der Waals surface area contributed by atoms with Crippen molar-refractivity contribution in [2.45, 2.75) is 19.4 Å². The first-order chi connectivity index (χ1) is 15.3. The lowest BCUT2D eigenvalue weighted by atomic mass is 9.96. The van der Waals surface area contributed by atoms with Crippen molar-refractivity contribution in [3.05, 3.63) is 48.3 Å². The van der Waals surface area contributed by atoms with Gasteiger partial charge in [-0.3, -0.25) is 4.79 Å². The number of benzene rings is 1. The smallest absolute Gasteiger partial charge is 0.223 e. The van der Waals surface area contributed by atoms with Crippen LogP contribution in [0.2, 0.25) is 0 Å². The lowest BCUT2D eigenvalue weighted by Crippen LogP contribution is -2.40. The molecule has 4 heterocycles. The highest BCUT2D eigenvalue weighted by atomic mass is 16.5. The van der Waals surface area contributed by atoms with Gasteiger partial charge in [0.05, 0.1) is 13.2 Å². The van der Waals surface area contributed by atoms with Crippen LogP contribution in [0.5, 0.6) is 0 Å². The first kappa shape index (κ1) is 19.7. The van der Waals surface area contributed by atoms with E-state index < -0.39 is 0 Å². The minimum absolute atomic E-state index is 0.0440. The normalized spacial score (nSPS) is 17.8. The molecule has 0 bridgehead atoms. The topological polar surface area (TPSA) is 87.9 Å². The molecule has 2 aliphatic rings. The number of hydrogen-bond donors (Lipinski definition) is 1. The Balaban J connectivity index is 1.10. The van der Waals surface area contributed by atoms with E-state index in [0.29, 0.717) is 6.54 Å². The molecule has 0 unspecified atom stereocenters. The average Bonchev–Trinajstić information content (AvgIpc) is 3.31. The monoisotopic (exact) mass is 421 g/mol. The third-order valence-electron chi connectivity index (χ3n) is 6.12. The minimum Gasteiger partial charge on any atom is -0.378 e. The maximum atomic E-state index is 12.7.